The highest BCUT2D eigenvalue weighted by atomic mass is 32.2. The van der Waals surface area contributed by atoms with Gasteiger partial charge in [-0.3, -0.25) is 4.90 Å². The maximum atomic E-state index is 12.8. The van der Waals surface area contributed by atoms with Crippen LogP contribution in [-0.2, 0) is 19.9 Å². The third kappa shape index (κ3) is 4.34. The number of sulfone groups is 1. The minimum atomic E-state index is -3.94. The second kappa shape index (κ2) is 7.77. The van der Waals surface area contributed by atoms with Gasteiger partial charge in [-0.2, -0.15) is 0 Å². The van der Waals surface area contributed by atoms with Crippen LogP contribution in [0.25, 0.3) is 0 Å². The molecule has 0 aliphatic carbocycles. The van der Waals surface area contributed by atoms with Crippen molar-refractivity contribution in [3.8, 4) is 0 Å². The molecule has 1 atom stereocenters. The van der Waals surface area contributed by atoms with Crippen LogP contribution < -0.4 is 4.72 Å². The Bertz CT molecular complexity index is 948. The molecule has 1 saturated heterocycles. The number of thiophene rings is 1. The molecule has 0 radical (unpaired) electrons. The van der Waals surface area contributed by atoms with Crippen molar-refractivity contribution in [3.05, 3.63) is 46.7 Å². The molecule has 2 heterocycles. The van der Waals surface area contributed by atoms with Gasteiger partial charge in [-0.25, -0.2) is 21.6 Å². The first kappa shape index (κ1) is 19.5. The predicted molar refractivity (Wildman–Crippen MR) is 103 cm³/mol. The molecule has 1 fully saturated rings. The normalized spacial score (nSPS) is 17.4. The fourth-order valence-electron chi connectivity index (χ4n) is 3.19. The molecule has 0 bridgehead atoms. The summed E-state index contributed by atoms with van der Waals surface area (Å²) in [4.78, 5) is 3.00. The first-order chi connectivity index (χ1) is 12.3. The second-order valence-electron chi connectivity index (χ2n) is 6.35. The number of likely N-dealkylation sites (tertiary alicyclic amines) is 1. The quantitative estimate of drug-likeness (QED) is 0.751. The van der Waals surface area contributed by atoms with Gasteiger partial charge in [0.2, 0.25) is 10.0 Å². The van der Waals surface area contributed by atoms with Crippen LogP contribution in [0.5, 0.6) is 0 Å². The molecule has 2 aromatic rings. The van der Waals surface area contributed by atoms with E-state index in [0.29, 0.717) is 0 Å². The van der Waals surface area contributed by atoms with Gasteiger partial charge in [0.15, 0.2) is 9.84 Å². The lowest BCUT2D eigenvalue weighted by Gasteiger charge is -2.27. The number of nitrogens with one attached hydrogen (secondary N) is 1. The maximum Gasteiger partial charge on any atom is 0.241 e. The molecule has 1 aromatic heterocycles. The van der Waals surface area contributed by atoms with Gasteiger partial charge in [0.1, 0.15) is 4.90 Å². The van der Waals surface area contributed by atoms with E-state index in [9.17, 15) is 16.8 Å². The van der Waals surface area contributed by atoms with Crippen LogP contribution in [-0.4, -0.2) is 47.6 Å². The van der Waals surface area contributed by atoms with Crippen molar-refractivity contribution in [2.45, 2.75) is 28.7 Å². The third-order valence-corrected chi connectivity index (χ3v) is 8.20. The van der Waals surface area contributed by atoms with E-state index in [2.05, 4.69) is 9.62 Å². The van der Waals surface area contributed by atoms with Crippen LogP contribution in [0.3, 0.4) is 0 Å². The smallest absolute Gasteiger partial charge is 0.241 e. The van der Waals surface area contributed by atoms with Crippen LogP contribution in [0.2, 0.25) is 0 Å². The van der Waals surface area contributed by atoms with Gasteiger partial charge in [-0.05, 0) is 49.5 Å². The zero-order valence-corrected chi connectivity index (χ0v) is 16.9. The molecule has 1 N–H and O–H groups in total. The summed E-state index contributed by atoms with van der Waals surface area (Å²) in [6, 6.07) is 9.62. The zero-order chi connectivity index (χ0) is 18.8. The summed E-state index contributed by atoms with van der Waals surface area (Å²) in [7, 11) is -7.58. The van der Waals surface area contributed by atoms with Crippen molar-refractivity contribution in [2.24, 2.45) is 0 Å². The third-order valence-electron chi connectivity index (χ3n) is 4.46. The van der Waals surface area contributed by atoms with Crippen LogP contribution in [0.4, 0.5) is 0 Å². The molecule has 6 nitrogen and oxygen atoms in total. The lowest BCUT2D eigenvalue weighted by molar-refractivity contribution is 0.250. The highest BCUT2D eigenvalue weighted by Crippen LogP contribution is 2.28. The molecule has 0 spiro atoms. The van der Waals surface area contributed by atoms with Crippen LogP contribution in [0.1, 0.15) is 23.8 Å². The molecule has 9 heteroatoms. The zero-order valence-electron chi connectivity index (χ0n) is 14.5. The number of nitrogens with zero attached hydrogens (tertiary/aromatic N) is 1. The van der Waals surface area contributed by atoms with Crippen LogP contribution in [0.15, 0.2) is 51.6 Å². The van der Waals surface area contributed by atoms with Crippen LogP contribution >= 0.6 is 11.3 Å². The summed E-state index contributed by atoms with van der Waals surface area (Å²) in [5.74, 6) is 0. The highest BCUT2D eigenvalue weighted by molar-refractivity contribution is 7.93. The Morgan fingerprint density at radius 3 is 2.27 bits per heavy atom. The van der Waals surface area contributed by atoms with Crippen molar-refractivity contribution in [1.82, 2.24) is 9.62 Å². The number of benzene rings is 1. The monoisotopic (exact) mass is 414 g/mol. The standard InChI is InChI=1S/C17H22N2O4S3/c1-25(20,21)16-8-2-3-9-17(16)26(22,23)18-13-14(15-7-6-12-24-15)19-10-4-5-11-19/h2-3,6-9,12,14,18H,4-5,10-11,13H2,1H3. The Hall–Kier alpha value is -1.26. The van der Waals surface area contributed by atoms with Gasteiger partial charge < -0.3 is 0 Å². The molecule has 1 unspecified atom stereocenters. The summed E-state index contributed by atoms with van der Waals surface area (Å²) in [5, 5.41) is 1.98. The van der Waals surface area contributed by atoms with Gasteiger partial charge in [0.25, 0.3) is 0 Å². The molecule has 1 aromatic carbocycles. The minimum Gasteiger partial charge on any atom is -0.294 e. The van der Waals surface area contributed by atoms with Gasteiger partial charge in [-0.15, -0.1) is 11.3 Å². The van der Waals surface area contributed by atoms with Gasteiger partial charge >= 0.3 is 0 Å². The number of hydrogen-bond acceptors (Lipinski definition) is 6. The average Bonchev–Trinajstić information content (AvgIpc) is 3.28. The van der Waals surface area contributed by atoms with Gasteiger partial charge in [-0.1, -0.05) is 18.2 Å². The van der Waals surface area contributed by atoms with Crippen molar-refractivity contribution in [2.75, 3.05) is 25.9 Å². The molecular formula is C17H22N2O4S3. The van der Waals surface area contributed by atoms with E-state index in [-0.39, 0.29) is 22.4 Å². The predicted octanol–water partition coefficient (Wildman–Crippen LogP) is 2.27. The summed E-state index contributed by atoms with van der Waals surface area (Å²) in [6.45, 7) is 2.08. The van der Waals surface area contributed by atoms with E-state index < -0.39 is 19.9 Å². The van der Waals surface area contributed by atoms with E-state index in [1.165, 1.54) is 24.3 Å². The minimum absolute atomic E-state index is 0.0438. The lowest BCUT2D eigenvalue weighted by atomic mass is 10.2. The summed E-state index contributed by atoms with van der Waals surface area (Å²) >= 11 is 1.60. The second-order valence-corrected chi connectivity index (χ2v) is 11.0. The van der Waals surface area contributed by atoms with E-state index in [0.717, 1.165) is 37.1 Å². The van der Waals surface area contributed by atoms with Gasteiger partial charge in [0, 0.05) is 17.7 Å². The van der Waals surface area contributed by atoms with E-state index in [1.807, 2.05) is 17.5 Å². The molecule has 1 aliphatic rings. The molecule has 26 heavy (non-hydrogen) atoms. The Labute approximate surface area is 158 Å². The number of rotatable bonds is 7. The Kier molecular flexibility index (Phi) is 5.83. The largest absolute Gasteiger partial charge is 0.294 e. The first-order valence-electron chi connectivity index (χ1n) is 8.35. The van der Waals surface area contributed by atoms with Crippen molar-refractivity contribution in [3.63, 3.8) is 0 Å². The SMILES string of the molecule is CS(=O)(=O)c1ccccc1S(=O)(=O)NCC(c1cccs1)N1CCCC1. The Morgan fingerprint density at radius 1 is 1.04 bits per heavy atom. The van der Waals surface area contributed by atoms with E-state index in [4.69, 9.17) is 0 Å². The van der Waals surface area contributed by atoms with Crippen molar-refractivity contribution < 1.29 is 16.8 Å². The Morgan fingerprint density at radius 2 is 1.69 bits per heavy atom. The fraction of sp³-hybridized carbons (Fsp3) is 0.412. The van der Waals surface area contributed by atoms with Crippen LogP contribution in [0, 0.1) is 0 Å². The summed E-state index contributed by atoms with van der Waals surface area (Å²) in [5.41, 5.74) is 0. The molecular weight excluding hydrogens is 392 g/mol. The molecule has 1 aliphatic heterocycles. The molecule has 0 amide bonds. The van der Waals surface area contributed by atoms with Gasteiger partial charge in [0.05, 0.1) is 10.9 Å². The van der Waals surface area contributed by atoms with Crippen molar-refractivity contribution in [1.29, 1.82) is 0 Å². The summed E-state index contributed by atoms with van der Waals surface area (Å²) < 4.78 is 52.1. The van der Waals surface area contributed by atoms with E-state index >= 15 is 0 Å². The van der Waals surface area contributed by atoms with Crippen molar-refractivity contribution >= 4 is 31.2 Å². The average molecular weight is 415 g/mol. The molecule has 0 saturated carbocycles. The van der Waals surface area contributed by atoms with E-state index in [1.54, 1.807) is 11.3 Å². The molecule has 142 valence electrons. The lowest BCUT2D eigenvalue weighted by Crippen LogP contribution is -2.36. The molecule has 3 rings (SSSR count). The number of sulfonamides is 1. The Balaban J connectivity index is 1.85. The fourth-order valence-corrected chi connectivity index (χ4v) is 6.72. The highest BCUT2D eigenvalue weighted by Gasteiger charge is 2.28. The first-order valence-corrected chi connectivity index (χ1v) is 12.6. The topological polar surface area (TPSA) is 83.5 Å². The maximum absolute atomic E-state index is 12.8. The number of hydrogen-bond donors (Lipinski definition) is 1. The summed E-state index contributed by atoms with van der Waals surface area (Å²) in [6.07, 6.45) is 3.22.